The number of piperazine rings is 1. The smallest absolute Gasteiger partial charge is 0.421 e. The van der Waals surface area contributed by atoms with E-state index in [9.17, 15) is 31.5 Å². The minimum absolute atomic E-state index is 0.124. The van der Waals surface area contributed by atoms with Crippen LogP contribution in [0.1, 0.15) is 25.8 Å². The van der Waals surface area contributed by atoms with Gasteiger partial charge in [0.15, 0.2) is 5.60 Å². The second-order valence-corrected chi connectivity index (χ2v) is 13.1. The number of thiophene rings is 1. The van der Waals surface area contributed by atoms with Crippen molar-refractivity contribution in [1.82, 2.24) is 9.21 Å². The Morgan fingerprint density at radius 3 is 2.50 bits per heavy atom. The third kappa shape index (κ3) is 6.63. The Morgan fingerprint density at radius 2 is 1.88 bits per heavy atom. The van der Waals surface area contributed by atoms with Crippen molar-refractivity contribution in [1.29, 1.82) is 0 Å². The Morgan fingerprint density at radius 1 is 1.15 bits per heavy atom. The predicted octanol–water partition coefficient (Wildman–Crippen LogP) is 3.05. The van der Waals surface area contributed by atoms with Gasteiger partial charge in [-0.3, -0.25) is 9.69 Å². The van der Waals surface area contributed by atoms with Crippen LogP contribution in [0.3, 0.4) is 0 Å². The van der Waals surface area contributed by atoms with Crippen LogP contribution >= 0.6 is 11.3 Å². The number of benzene rings is 1. The lowest BCUT2D eigenvalue weighted by atomic mass is 9.95. The fourth-order valence-corrected chi connectivity index (χ4v) is 7.63. The summed E-state index contributed by atoms with van der Waals surface area (Å²) in [6.07, 6.45) is -4.72. The maximum absolute atomic E-state index is 13.4. The maximum Gasteiger partial charge on any atom is 0.421 e. The summed E-state index contributed by atoms with van der Waals surface area (Å²) in [6.45, 7) is 5.03. The van der Waals surface area contributed by atoms with E-state index in [1.165, 1.54) is 28.6 Å². The van der Waals surface area contributed by atoms with Gasteiger partial charge in [0.1, 0.15) is 4.21 Å². The maximum atomic E-state index is 13.4. The zero-order valence-corrected chi connectivity index (χ0v) is 24.0. The van der Waals surface area contributed by atoms with E-state index in [4.69, 9.17) is 9.47 Å². The number of alkyl halides is 3. The normalized spacial score (nSPS) is 23.1. The van der Waals surface area contributed by atoms with E-state index >= 15 is 0 Å². The molecular weight excluding hydrogens is 571 g/mol. The van der Waals surface area contributed by atoms with E-state index < -0.39 is 21.8 Å². The first-order valence-corrected chi connectivity index (χ1v) is 15.3. The van der Waals surface area contributed by atoms with Crippen LogP contribution in [0.25, 0.3) is 0 Å². The van der Waals surface area contributed by atoms with Crippen LogP contribution in [0, 0.1) is 0 Å². The molecule has 2 fully saturated rings. The molecule has 1 aromatic heterocycles. The average molecular weight is 606 g/mol. The monoisotopic (exact) mass is 605 g/mol. The zero-order chi connectivity index (χ0) is 29.1. The molecule has 2 aliphatic heterocycles. The molecule has 222 valence electrons. The molecule has 3 heterocycles. The van der Waals surface area contributed by atoms with Crippen molar-refractivity contribution in [2.45, 2.75) is 48.3 Å². The summed E-state index contributed by atoms with van der Waals surface area (Å²) in [5.74, 6) is -0.349. The van der Waals surface area contributed by atoms with Crippen molar-refractivity contribution < 1.29 is 41.0 Å². The molecule has 4 rings (SSSR count). The Kier molecular flexibility index (Phi) is 9.47. The topological polar surface area (TPSA) is 99.6 Å². The third-order valence-electron chi connectivity index (χ3n) is 7.35. The van der Waals surface area contributed by atoms with Gasteiger partial charge in [-0.15, -0.1) is 11.3 Å². The highest BCUT2D eigenvalue weighted by Crippen LogP contribution is 2.39. The van der Waals surface area contributed by atoms with Crippen molar-refractivity contribution in [3.05, 3.63) is 47.3 Å². The minimum Gasteiger partial charge on any atom is -0.466 e. The molecule has 14 heteroatoms. The quantitative estimate of drug-likeness (QED) is 0.436. The van der Waals surface area contributed by atoms with Crippen molar-refractivity contribution in [2.24, 2.45) is 0 Å². The lowest BCUT2D eigenvalue weighted by Gasteiger charge is -2.46. The second-order valence-electron chi connectivity index (χ2n) is 9.99. The standard InChI is InChI=1S/C26H34F3N3O6S2/c1-3-38-23(33)15-21-18-37-13-12-30(21)16-22-17-31(40(35,36)24-5-4-14-39-24)10-11-32(22)20-8-6-19(7-9-20)25(2,34)26(27,28)29/h4-9,14,21-22,34H,3,10-13,15-18H2,1-2H3/t21-,22-,25-/m0/s1. The summed E-state index contributed by atoms with van der Waals surface area (Å²) in [4.78, 5) is 16.3. The molecular formula is C26H34F3N3O6S2. The van der Waals surface area contributed by atoms with Gasteiger partial charge in [-0.2, -0.15) is 17.5 Å². The first-order valence-electron chi connectivity index (χ1n) is 13.0. The number of sulfonamides is 1. The van der Waals surface area contributed by atoms with Crippen molar-refractivity contribution in [3.8, 4) is 0 Å². The third-order valence-corrected chi connectivity index (χ3v) is 10.6. The molecule has 1 aromatic carbocycles. The summed E-state index contributed by atoms with van der Waals surface area (Å²) in [6, 6.07) is 8.12. The summed E-state index contributed by atoms with van der Waals surface area (Å²) < 4.78 is 79.2. The van der Waals surface area contributed by atoms with Gasteiger partial charge >= 0.3 is 12.1 Å². The molecule has 0 unspecified atom stereocenters. The Hall–Kier alpha value is -2.23. The Labute approximate surface area is 236 Å². The molecule has 3 atom stereocenters. The van der Waals surface area contributed by atoms with Crippen LogP contribution in [-0.2, 0) is 29.9 Å². The lowest BCUT2D eigenvalue weighted by molar-refractivity contribution is -0.258. The molecule has 0 saturated carbocycles. The Balaban J connectivity index is 1.61. The number of anilines is 1. The number of rotatable bonds is 9. The van der Waals surface area contributed by atoms with Gasteiger partial charge in [-0.25, -0.2) is 8.42 Å². The van der Waals surface area contributed by atoms with Gasteiger partial charge in [-0.05, 0) is 43.0 Å². The fraction of sp³-hybridized carbons (Fsp3) is 0.577. The highest BCUT2D eigenvalue weighted by Gasteiger charge is 2.51. The molecule has 2 saturated heterocycles. The SMILES string of the molecule is CCOC(=O)C[C@H]1COCCN1C[C@H]1CN(S(=O)(=O)c2cccs2)CCN1c1ccc([C@](C)(O)C(F)(F)F)cc1. The second kappa shape index (κ2) is 12.3. The molecule has 0 bridgehead atoms. The Bertz CT molecular complexity index is 1240. The zero-order valence-electron chi connectivity index (χ0n) is 22.3. The van der Waals surface area contributed by atoms with Crippen molar-refractivity contribution >= 4 is 33.0 Å². The van der Waals surface area contributed by atoms with Crippen LogP contribution in [0.2, 0.25) is 0 Å². The first-order chi connectivity index (χ1) is 18.8. The minimum atomic E-state index is -4.84. The molecule has 40 heavy (non-hydrogen) atoms. The number of esters is 1. The number of hydrogen-bond acceptors (Lipinski definition) is 9. The number of carbonyl (C=O) groups is 1. The molecule has 9 nitrogen and oxygen atoms in total. The van der Waals surface area contributed by atoms with E-state index in [1.807, 2.05) is 4.90 Å². The van der Waals surface area contributed by atoms with Crippen LogP contribution in [0.4, 0.5) is 18.9 Å². The van der Waals surface area contributed by atoms with Crippen molar-refractivity contribution in [2.75, 3.05) is 57.4 Å². The molecule has 0 radical (unpaired) electrons. The van der Waals surface area contributed by atoms with Gasteiger partial charge in [0, 0.05) is 44.5 Å². The summed E-state index contributed by atoms with van der Waals surface area (Å²) in [5.41, 5.74) is -2.69. The average Bonchev–Trinajstić information content (AvgIpc) is 3.46. The number of aliphatic hydroxyl groups is 1. The van der Waals surface area contributed by atoms with Gasteiger partial charge in [0.25, 0.3) is 10.0 Å². The molecule has 1 N–H and O–H groups in total. The van der Waals surface area contributed by atoms with Crippen LogP contribution in [0.5, 0.6) is 0 Å². The predicted molar refractivity (Wildman–Crippen MR) is 144 cm³/mol. The molecule has 2 aromatic rings. The number of nitrogens with zero attached hydrogens (tertiary/aromatic N) is 3. The van der Waals surface area contributed by atoms with E-state index in [0.29, 0.717) is 45.5 Å². The van der Waals surface area contributed by atoms with E-state index in [2.05, 4.69) is 4.90 Å². The van der Waals surface area contributed by atoms with Crippen LogP contribution in [0.15, 0.2) is 46.0 Å². The van der Waals surface area contributed by atoms with Gasteiger partial charge < -0.3 is 19.5 Å². The fourth-order valence-electron chi connectivity index (χ4n) is 5.02. The number of ether oxygens (including phenoxy) is 2. The van der Waals surface area contributed by atoms with Gasteiger partial charge in [0.05, 0.1) is 32.3 Å². The number of halogens is 3. The van der Waals surface area contributed by atoms with E-state index in [1.54, 1.807) is 24.4 Å². The summed E-state index contributed by atoms with van der Waals surface area (Å²) in [5, 5.41) is 11.8. The summed E-state index contributed by atoms with van der Waals surface area (Å²) in [7, 11) is -3.73. The highest BCUT2D eigenvalue weighted by molar-refractivity contribution is 7.91. The largest absolute Gasteiger partial charge is 0.466 e. The number of morpholine rings is 1. The van der Waals surface area contributed by atoms with Crippen LogP contribution in [-0.4, -0.2) is 99.5 Å². The van der Waals surface area contributed by atoms with Gasteiger partial charge in [-0.1, -0.05) is 18.2 Å². The first kappa shape index (κ1) is 30.7. The lowest BCUT2D eigenvalue weighted by Crippen LogP contribution is -2.60. The van der Waals surface area contributed by atoms with Gasteiger partial charge in [0.2, 0.25) is 0 Å². The highest BCUT2D eigenvalue weighted by atomic mass is 32.2. The molecule has 0 aliphatic carbocycles. The molecule has 0 amide bonds. The van der Waals surface area contributed by atoms with E-state index in [-0.39, 0.29) is 53.9 Å². The number of hydrogen-bond donors (Lipinski definition) is 1. The van der Waals surface area contributed by atoms with Crippen molar-refractivity contribution in [3.63, 3.8) is 0 Å². The summed E-state index contributed by atoms with van der Waals surface area (Å²) >= 11 is 1.14. The van der Waals surface area contributed by atoms with Crippen LogP contribution < -0.4 is 4.90 Å². The number of carbonyl (C=O) groups excluding carboxylic acids is 1. The van der Waals surface area contributed by atoms with E-state index in [0.717, 1.165) is 11.3 Å². The molecule has 2 aliphatic rings. The molecule has 0 spiro atoms.